The monoisotopic (exact) mass is 1090 g/mol. The Morgan fingerprint density at radius 3 is 2.16 bits per heavy atom. The third kappa shape index (κ3) is 13.7. The minimum atomic E-state index is -6.08. The van der Waals surface area contributed by atoms with Gasteiger partial charge in [0.1, 0.15) is 10.5 Å². The Morgan fingerprint density at radius 2 is 1.52 bits per heavy atom. The number of halogens is 4. The molecule has 2 N–H and O–H groups in total. The van der Waals surface area contributed by atoms with Crippen LogP contribution >= 0.6 is 23.4 Å². The number of carbonyl (C=O) groups excluding carboxylic acids is 2. The Hall–Kier alpha value is -4.83. The van der Waals surface area contributed by atoms with E-state index in [1.54, 1.807) is 17.0 Å². The van der Waals surface area contributed by atoms with E-state index in [4.69, 9.17) is 21.1 Å². The van der Waals surface area contributed by atoms with Gasteiger partial charge in [-0.05, 0) is 124 Å². The number of rotatable bonds is 16. The highest BCUT2D eigenvalue weighted by molar-refractivity contribution is 7.99. The van der Waals surface area contributed by atoms with Crippen molar-refractivity contribution in [1.82, 2.24) is 19.4 Å². The van der Waals surface area contributed by atoms with Crippen molar-refractivity contribution in [2.24, 2.45) is 5.41 Å². The minimum absolute atomic E-state index is 0.00822. The van der Waals surface area contributed by atoms with E-state index in [1.807, 2.05) is 68.0 Å². The van der Waals surface area contributed by atoms with Crippen LogP contribution in [0, 0.1) is 5.41 Å². The number of likely N-dealkylation sites (tertiary alicyclic amines) is 1. The zero-order valence-electron chi connectivity index (χ0n) is 41.1. The summed E-state index contributed by atoms with van der Waals surface area (Å²) >= 11 is 7.70. The third-order valence-corrected chi connectivity index (χ3v) is 17.9. The maximum Gasteiger partial charge on any atom is 0.501 e. The predicted octanol–water partition coefficient (Wildman–Crippen LogP) is 9.04. The van der Waals surface area contributed by atoms with Gasteiger partial charge in [0, 0.05) is 104 Å². The van der Waals surface area contributed by atoms with E-state index >= 15 is 0 Å². The first-order valence-electron chi connectivity index (χ1n) is 24.4. The van der Waals surface area contributed by atoms with Crippen LogP contribution in [0.15, 0.2) is 117 Å². The minimum Gasteiger partial charge on any atom is -0.444 e. The van der Waals surface area contributed by atoms with E-state index in [2.05, 4.69) is 32.1 Å². The summed E-state index contributed by atoms with van der Waals surface area (Å²) in [5.74, 6) is -0.688. The summed E-state index contributed by atoms with van der Waals surface area (Å²) in [5, 5.41) is 3.66. The number of alkyl halides is 3. The van der Waals surface area contributed by atoms with Crippen LogP contribution in [0.3, 0.4) is 0 Å². The highest BCUT2D eigenvalue weighted by Gasteiger charge is 2.50. The van der Waals surface area contributed by atoms with Gasteiger partial charge < -0.3 is 24.6 Å². The Labute approximate surface area is 435 Å². The van der Waals surface area contributed by atoms with Gasteiger partial charge in [0.25, 0.3) is 25.8 Å². The molecule has 0 aromatic heterocycles. The van der Waals surface area contributed by atoms with Gasteiger partial charge in [-0.15, -0.1) is 11.8 Å². The molecule has 3 heterocycles. The number of sulfone groups is 1. The van der Waals surface area contributed by atoms with Crippen molar-refractivity contribution in [3.05, 3.63) is 119 Å². The van der Waals surface area contributed by atoms with Crippen LogP contribution in [-0.2, 0) is 29.3 Å². The van der Waals surface area contributed by atoms with Crippen LogP contribution in [0.2, 0.25) is 5.02 Å². The van der Waals surface area contributed by atoms with Crippen molar-refractivity contribution in [2.75, 3.05) is 94.6 Å². The van der Waals surface area contributed by atoms with Crippen molar-refractivity contribution < 1.29 is 49.1 Å². The molecule has 8 rings (SSSR count). The van der Waals surface area contributed by atoms with Crippen LogP contribution in [-0.4, -0.2) is 145 Å². The zero-order valence-corrected chi connectivity index (χ0v) is 44.3. The molecule has 3 fully saturated rings. The number of hydrogen-bond donors (Lipinski definition) is 2. The molecule has 4 aromatic carbocycles. The van der Waals surface area contributed by atoms with Gasteiger partial charge in [-0.2, -0.15) is 13.2 Å². The quantitative estimate of drug-likeness (QED) is 0.103. The highest BCUT2D eigenvalue weighted by Crippen LogP contribution is 2.49. The number of allylic oxidation sites excluding steroid dienone is 1. The number of sulfonamides is 1. The molecule has 3 aliphatic heterocycles. The van der Waals surface area contributed by atoms with Crippen molar-refractivity contribution in [3.8, 4) is 0 Å². The summed E-state index contributed by atoms with van der Waals surface area (Å²) in [5.41, 5.74) is -2.16. The van der Waals surface area contributed by atoms with Crippen molar-refractivity contribution in [2.45, 2.75) is 78.3 Å². The van der Waals surface area contributed by atoms with Gasteiger partial charge in [0.2, 0.25) is 0 Å². The number of morpholine rings is 1. The Morgan fingerprint density at radius 1 is 0.849 bits per heavy atom. The van der Waals surface area contributed by atoms with Crippen molar-refractivity contribution in [1.29, 1.82) is 0 Å². The van der Waals surface area contributed by atoms with Crippen molar-refractivity contribution in [3.63, 3.8) is 0 Å². The molecule has 1 atom stereocenters. The van der Waals surface area contributed by atoms with E-state index in [-0.39, 0.29) is 17.1 Å². The Balaban J connectivity index is 0.914. The van der Waals surface area contributed by atoms with Crippen LogP contribution in [0.5, 0.6) is 0 Å². The standard InChI is InChI=1S/C52H62ClF3N6O8S3/c1-50(2,3)70-49(64)62-35-51(36-62)21-19-45(37-9-13-40(53)14-10-37)39(32-51)33-60-23-25-61(26-24-60)42-15-11-38(12-16-42)48(63)58-73(67,68)44-17-18-46(47(31-44)72(65,66)52(54,55)56)57-41(20-22-59-27-29-69-30-28-59)34-71-43-7-5-4-6-8-43/h4-18,31,41,57H,19-30,32-36H2,1-3H3,(H,58,63)/t41-/m1/s1. The lowest BCUT2D eigenvalue weighted by Gasteiger charge is -2.53. The number of thioether (sulfide) groups is 1. The second-order valence-electron chi connectivity index (χ2n) is 20.2. The van der Waals surface area contributed by atoms with Gasteiger partial charge in [-0.25, -0.2) is 26.4 Å². The van der Waals surface area contributed by atoms with Crippen LogP contribution < -0.4 is 14.9 Å². The molecule has 14 nitrogen and oxygen atoms in total. The average molecular weight is 1090 g/mol. The lowest BCUT2D eigenvalue weighted by atomic mass is 9.66. The molecular formula is C52H62ClF3N6O8S3. The number of benzene rings is 4. The summed E-state index contributed by atoms with van der Waals surface area (Å²) in [6, 6.07) is 25.5. The normalized spacial score (nSPS) is 18.6. The molecule has 0 unspecified atom stereocenters. The van der Waals surface area contributed by atoms with Gasteiger partial charge in [-0.1, -0.05) is 47.5 Å². The van der Waals surface area contributed by atoms with E-state index < -0.39 is 58.4 Å². The molecule has 0 radical (unpaired) electrons. The van der Waals surface area contributed by atoms with E-state index in [1.165, 1.54) is 35.0 Å². The number of ether oxygens (including phenoxy) is 2. The summed E-state index contributed by atoms with van der Waals surface area (Å²) in [4.78, 5) is 33.6. The molecule has 21 heteroatoms. The highest BCUT2D eigenvalue weighted by atomic mass is 35.5. The van der Waals surface area contributed by atoms with Crippen LogP contribution in [0.1, 0.15) is 62.4 Å². The SMILES string of the molecule is CC(C)(C)OC(=O)N1CC2(CCC(c3ccc(Cl)cc3)=C(CN3CCN(c4ccc(C(=O)NS(=O)(=O)c5ccc(N[C@H](CCN6CCOCC6)CSc6ccccc6)c(S(=O)(=O)C(F)(F)F)c5)cc4)CC3)C2)C1. The number of piperazine rings is 1. The maximum absolute atomic E-state index is 14.2. The molecule has 3 saturated heterocycles. The fraction of sp³-hybridized carbons (Fsp3) is 0.462. The molecule has 1 spiro atoms. The second-order valence-corrected chi connectivity index (χ2v) is 25.3. The van der Waals surface area contributed by atoms with Crippen LogP contribution in [0.25, 0.3) is 5.57 Å². The average Bonchev–Trinajstić information content (AvgIpc) is 3.34. The second kappa shape index (κ2) is 22.6. The molecule has 1 aliphatic carbocycles. The molecule has 4 aliphatic rings. The first-order valence-corrected chi connectivity index (χ1v) is 28.7. The predicted molar refractivity (Wildman–Crippen MR) is 278 cm³/mol. The van der Waals surface area contributed by atoms with E-state index in [0.29, 0.717) is 82.3 Å². The third-order valence-electron chi connectivity index (χ3n) is 13.6. The van der Waals surface area contributed by atoms with Gasteiger partial charge in [-0.3, -0.25) is 14.6 Å². The van der Waals surface area contributed by atoms with Crippen LogP contribution in [0.4, 0.5) is 29.3 Å². The number of hydrogen-bond acceptors (Lipinski definition) is 13. The van der Waals surface area contributed by atoms with Crippen molar-refractivity contribution >= 4 is 72.2 Å². The molecule has 73 heavy (non-hydrogen) atoms. The summed E-state index contributed by atoms with van der Waals surface area (Å²) in [6.07, 6.45) is 2.86. The van der Waals surface area contributed by atoms with E-state index in [0.717, 1.165) is 67.2 Å². The van der Waals surface area contributed by atoms with Gasteiger partial charge in [0.15, 0.2) is 0 Å². The molecule has 0 saturated carbocycles. The number of nitrogens with zero attached hydrogens (tertiary/aromatic N) is 4. The number of carbonyl (C=O) groups is 2. The Bertz CT molecular complexity index is 2850. The smallest absolute Gasteiger partial charge is 0.444 e. The summed E-state index contributed by atoms with van der Waals surface area (Å²) < 4.78 is 109. The summed E-state index contributed by atoms with van der Waals surface area (Å²) in [6.45, 7) is 13.5. The number of amides is 2. The molecular weight excluding hydrogens is 1030 g/mol. The zero-order chi connectivity index (χ0) is 52.2. The fourth-order valence-electron chi connectivity index (χ4n) is 9.78. The molecule has 0 bridgehead atoms. The lowest BCUT2D eigenvalue weighted by Crippen LogP contribution is -2.60. The lowest BCUT2D eigenvalue weighted by molar-refractivity contribution is -0.0436. The summed E-state index contributed by atoms with van der Waals surface area (Å²) in [7, 11) is -11.0. The first-order chi connectivity index (χ1) is 34.6. The molecule has 2 amide bonds. The Kier molecular flexibility index (Phi) is 16.8. The fourth-order valence-corrected chi connectivity index (χ4v) is 12.9. The number of nitrogens with one attached hydrogen (secondary N) is 2. The largest absolute Gasteiger partial charge is 0.501 e. The number of anilines is 2. The van der Waals surface area contributed by atoms with E-state index in [9.17, 15) is 39.6 Å². The first kappa shape index (κ1) is 54.4. The van der Waals surface area contributed by atoms with Gasteiger partial charge in [0.05, 0.1) is 23.8 Å². The topological polar surface area (TPSA) is 158 Å². The molecule has 394 valence electrons. The van der Waals surface area contributed by atoms with Gasteiger partial charge >= 0.3 is 11.6 Å². The molecule has 4 aromatic rings. The maximum atomic E-state index is 14.2.